The lowest BCUT2D eigenvalue weighted by Crippen LogP contribution is -2.29. The number of ether oxygens (including phenoxy) is 2. The predicted octanol–water partition coefficient (Wildman–Crippen LogP) is 2.01. The second kappa shape index (κ2) is 9.36. The molecule has 25 heavy (non-hydrogen) atoms. The van der Waals surface area contributed by atoms with E-state index in [-0.39, 0.29) is 17.6 Å². The number of halogens is 1. The Morgan fingerprint density at radius 3 is 2.60 bits per heavy atom. The van der Waals surface area contributed by atoms with Gasteiger partial charge in [0, 0.05) is 25.6 Å². The van der Waals surface area contributed by atoms with Gasteiger partial charge >= 0.3 is 5.97 Å². The molecule has 6 nitrogen and oxygen atoms in total. The fourth-order valence-electron chi connectivity index (χ4n) is 3.00. The van der Waals surface area contributed by atoms with E-state index < -0.39 is 11.7 Å². The maximum Gasteiger partial charge on any atom is 0.305 e. The summed E-state index contributed by atoms with van der Waals surface area (Å²) in [5, 5.41) is 2.53. The van der Waals surface area contributed by atoms with Crippen LogP contribution in [0.4, 0.5) is 4.39 Å². The zero-order valence-corrected chi connectivity index (χ0v) is 14.4. The van der Waals surface area contributed by atoms with Gasteiger partial charge in [-0.05, 0) is 43.7 Å². The minimum Gasteiger partial charge on any atom is -0.490 e. The van der Waals surface area contributed by atoms with Gasteiger partial charge < -0.3 is 20.5 Å². The van der Waals surface area contributed by atoms with Crippen LogP contribution < -0.4 is 15.8 Å². The predicted molar refractivity (Wildman–Crippen MR) is 90.8 cm³/mol. The van der Waals surface area contributed by atoms with Crippen molar-refractivity contribution >= 4 is 11.9 Å². The van der Waals surface area contributed by atoms with Crippen molar-refractivity contribution in [3.63, 3.8) is 0 Å². The maximum absolute atomic E-state index is 14.1. The molecule has 0 bridgehead atoms. The number of amides is 1. The largest absolute Gasteiger partial charge is 0.490 e. The second-order valence-corrected chi connectivity index (χ2v) is 6.23. The number of hydrogen-bond acceptors (Lipinski definition) is 5. The molecule has 1 aliphatic rings. The molecule has 1 aliphatic carbocycles. The number of carbonyl (C=O) groups excluding carboxylic acids is 2. The smallest absolute Gasteiger partial charge is 0.305 e. The Hall–Kier alpha value is -2.15. The first kappa shape index (κ1) is 19.2. The molecule has 3 N–H and O–H groups in total. The zero-order chi connectivity index (χ0) is 18.2. The molecule has 0 heterocycles. The molecule has 0 atom stereocenters. The molecule has 1 saturated carbocycles. The summed E-state index contributed by atoms with van der Waals surface area (Å²) in [5.41, 5.74) is 5.29. The lowest BCUT2D eigenvalue weighted by Gasteiger charge is -2.28. The third-order valence-electron chi connectivity index (χ3n) is 4.39. The molecule has 0 aliphatic heterocycles. The first-order valence-electron chi connectivity index (χ1n) is 8.54. The average molecular weight is 352 g/mol. The molecule has 1 aromatic rings. The number of rotatable bonds is 7. The molecule has 1 fully saturated rings. The van der Waals surface area contributed by atoms with Crippen LogP contribution in [0.5, 0.6) is 5.75 Å². The van der Waals surface area contributed by atoms with E-state index in [1.54, 1.807) is 6.07 Å². The number of benzene rings is 1. The van der Waals surface area contributed by atoms with Crippen molar-refractivity contribution in [2.45, 2.75) is 38.2 Å². The van der Waals surface area contributed by atoms with Crippen LogP contribution in [0.3, 0.4) is 0 Å². The Balaban J connectivity index is 1.86. The molecule has 7 heteroatoms. The number of nitrogens with one attached hydrogen (secondary N) is 1. The number of esters is 1. The third-order valence-corrected chi connectivity index (χ3v) is 4.39. The van der Waals surface area contributed by atoms with Gasteiger partial charge in [0.15, 0.2) is 0 Å². The van der Waals surface area contributed by atoms with Crippen molar-refractivity contribution in [3.05, 3.63) is 29.6 Å². The van der Waals surface area contributed by atoms with E-state index in [9.17, 15) is 14.0 Å². The van der Waals surface area contributed by atoms with Gasteiger partial charge in [0.2, 0.25) is 0 Å². The fraction of sp³-hybridized carbons (Fsp3) is 0.556. The highest BCUT2D eigenvalue weighted by Crippen LogP contribution is 2.30. The van der Waals surface area contributed by atoms with Crippen molar-refractivity contribution in [1.82, 2.24) is 5.32 Å². The van der Waals surface area contributed by atoms with Crippen LogP contribution in [0.15, 0.2) is 18.2 Å². The Morgan fingerprint density at radius 2 is 2.00 bits per heavy atom. The van der Waals surface area contributed by atoms with Crippen molar-refractivity contribution < 1.29 is 23.5 Å². The molecule has 0 aromatic heterocycles. The minimum absolute atomic E-state index is 0.00906. The van der Waals surface area contributed by atoms with E-state index in [4.69, 9.17) is 15.2 Å². The highest BCUT2D eigenvalue weighted by atomic mass is 19.1. The Morgan fingerprint density at radius 1 is 1.28 bits per heavy atom. The van der Waals surface area contributed by atoms with Crippen LogP contribution in [0.25, 0.3) is 0 Å². The average Bonchev–Trinajstić information content (AvgIpc) is 2.61. The molecule has 0 unspecified atom stereocenters. The summed E-state index contributed by atoms with van der Waals surface area (Å²) in [6.45, 7) is 0.596. The minimum atomic E-state index is -0.619. The fourth-order valence-corrected chi connectivity index (χ4v) is 3.00. The van der Waals surface area contributed by atoms with Gasteiger partial charge in [-0.1, -0.05) is 0 Å². The molecule has 1 amide bonds. The molecule has 2 rings (SSSR count). The second-order valence-electron chi connectivity index (χ2n) is 6.23. The van der Waals surface area contributed by atoms with Crippen molar-refractivity contribution in [3.8, 4) is 5.75 Å². The van der Waals surface area contributed by atoms with Crippen molar-refractivity contribution in [2.75, 3.05) is 20.2 Å². The first-order chi connectivity index (χ1) is 12.0. The number of hydrogen-bond donors (Lipinski definition) is 2. The Labute approximate surface area is 146 Å². The maximum atomic E-state index is 14.1. The first-order valence-corrected chi connectivity index (χ1v) is 8.54. The third kappa shape index (κ3) is 5.70. The van der Waals surface area contributed by atoms with Crippen LogP contribution in [0, 0.1) is 11.7 Å². The van der Waals surface area contributed by atoms with Gasteiger partial charge in [-0.25, -0.2) is 4.39 Å². The van der Waals surface area contributed by atoms with Gasteiger partial charge in [-0.2, -0.15) is 0 Å². The van der Waals surface area contributed by atoms with Crippen LogP contribution in [-0.2, 0) is 9.53 Å². The number of carbonyl (C=O) groups is 2. The molecule has 138 valence electrons. The lowest BCUT2D eigenvalue weighted by molar-refractivity contribution is -0.142. The summed E-state index contributed by atoms with van der Waals surface area (Å²) >= 11 is 0. The summed E-state index contributed by atoms with van der Waals surface area (Å²) in [6.07, 6.45) is 3.79. The summed E-state index contributed by atoms with van der Waals surface area (Å²) in [6, 6.07) is 4.25. The van der Waals surface area contributed by atoms with Gasteiger partial charge in [0.1, 0.15) is 11.6 Å². The zero-order valence-electron chi connectivity index (χ0n) is 14.4. The van der Waals surface area contributed by atoms with E-state index in [1.807, 2.05) is 0 Å². The van der Waals surface area contributed by atoms with Crippen molar-refractivity contribution in [2.24, 2.45) is 11.7 Å². The molecule has 1 aromatic carbocycles. The molecular formula is C18H25FN2O4. The van der Waals surface area contributed by atoms with Crippen molar-refractivity contribution in [1.29, 1.82) is 0 Å². The van der Waals surface area contributed by atoms with Crippen LogP contribution in [0.2, 0.25) is 0 Å². The van der Waals surface area contributed by atoms with Gasteiger partial charge in [0.25, 0.3) is 5.91 Å². The highest BCUT2D eigenvalue weighted by Gasteiger charge is 2.25. The van der Waals surface area contributed by atoms with Crippen LogP contribution >= 0.6 is 0 Å². The number of nitrogens with two attached hydrogens (primary N) is 1. The summed E-state index contributed by atoms with van der Waals surface area (Å²) in [7, 11) is 1.39. The summed E-state index contributed by atoms with van der Waals surface area (Å²) < 4.78 is 24.6. The van der Waals surface area contributed by atoms with E-state index in [2.05, 4.69) is 5.32 Å². The molecule has 0 radical (unpaired) electrons. The topological polar surface area (TPSA) is 90.6 Å². The molecule has 0 spiro atoms. The van der Waals surface area contributed by atoms with E-state index >= 15 is 0 Å². The van der Waals surface area contributed by atoms with Gasteiger partial charge in [-0.15, -0.1) is 0 Å². The summed E-state index contributed by atoms with van der Waals surface area (Å²) in [4.78, 5) is 23.1. The normalized spacial score (nSPS) is 20.0. The molecular weight excluding hydrogens is 327 g/mol. The van der Waals surface area contributed by atoms with E-state index in [0.29, 0.717) is 31.2 Å². The van der Waals surface area contributed by atoms with Crippen LogP contribution in [0.1, 0.15) is 42.5 Å². The highest BCUT2D eigenvalue weighted by molar-refractivity contribution is 5.94. The van der Waals surface area contributed by atoms with Gasteiger partial charge in [0.05, 0.1) is 18.8 Å². The molecule has 0 saturated heterocycles. The Kier molecular flexibility index (Phi) is 7.18. The van der Waals surface area contributed by atoms with E-state index in [1.165, 1.54) is 19.2 Å². The summed E-state index contributed by atoms with van der Waals surface area (Å²) in [5.74, 6) is -0.568. The van der Waals surface area contributed by atoms with Crippen LogP contribution in [-0.4, -0.2) is 38.2 Å². The SMILES string of the molecule is COC(=O)CC1CCC(Oc2ccc(C(=O)NCCN)c(F)c2)CC1. The van der Waals surface area contributed by atoms with Gasteiger partial charge in [-0.3, -0.25) is 9.59 Å². The quantitative estimate of drug-likeness (QED) is 0.733. The monoisotopic (exact) mass is 352 g/mol. The standard InChI is InChI=1S/C18H25FN2O4/c1-24-17(22)10-12-2-4-13(5-3-12)25-14-6-7-15(16(19)11-14)18(23)21-9-8-20/h6-7,11-13H,2-5,8-10,20H2,1H3,(H,21,23). The van der Waals surface area contributed by atoms with E-state index in [0.717, 1.165) is 25.7 Å². The number of methoxy groups -OCH3 is 1. The Bertz CT molecular complexity index is 601. The lowest BCUT2D eigenvalue weighted by atomic mass is 9.85.